The maximum absolute atomic E-state index is 4.82. The Labute approximate surface area is 168 Å². The second-order valence-electron chi connectivity index (χ2n) is 5.73. The summed E-state index contributed by atoms with van der Waals surface area (Å²) in [5.74, 6) is 0.560. The van der Waals surface area contributed by atoms with Crippen LogP contribution in [-0.4, -0.2) is 29.9 Å². The van der Waals surface area contributed by atoms with Gasteiger partial charge in [-0.1, -0.05) is 41.2 Å². The topological polar surface area (TPSA) is 82.5 Å². The van der Waals surface area contributed by atoms with Gasteiger partial charge in [0.25, 0.3) is 0 Å². The van der Waals surface area contributed by atoms with E-state index in [0.29, 0.717) is 5.82 Å². The van der Waals surface area contributed by atoms with Crippen LogP contribution in [0.5, 0.6) is 0 Å². The summed E-state index contributed by atoms with van der Waals surface area (Å²) < 4.78 is 7.63. The summed E-state index contributed by atoms with van der Waals surface area (Å²) in [6.07, 6.45) is 8.66. The number of hydrogen-bond donors (Lipinski definition) is 0. The van der Waals surface area contributed by atoms with Gasteiger partial charge in [-0.15, -0.1) is 11.3 Å². The van der Waals surface area contributed by atoms with E-state index >= 15 is 0 Å². The van der Waals surface area contributed by atoms with Crippen LogP contribution in [0.3, 0.4) is 0 Å². The van der Waals surface area contributed by atoms with E-state index < -0.39 is 0 Å². The zero-order chi connectivity index (χ0) is 18.8. The highest BCUT2D eigenvalue weighted by molar-refractivity contribution is 8.01. The summed E-state index contributed by atoms with van der Waals surface area (Å²) in [5.41, 5.74) is 3.66. The Morgan fingerprint density at radius 3 is 2.61 bits per heavy atom. The van der Waals surface area contributed by atoms with Gasteiger partial charge >= 0.3 is 0 Å². The molecule has 136 valence electrons. The summed E-state index contributed by atoms with van der Waals surface area (Å²) in [6, 6.07) is 11.8. The fraction of sp³-hybridized carbons (Fsp3) is 0. The molecule has 0 radical (unpaired) electrons. The molecule has 28 heavy (non-hydrogen) atoms. The lowest BCUT2D eigenvalue weighted by Crippen LogP contribution is -1.95. The van der Waals surface area contributed by atoms with Crippen molar-refractivity contribution in [2.45, 2.75) is 9.24 Å². The van der Waals surface area contributed by atoms with E-state index in [1.54, 1.807) is 41.7 Å². The Morgan fingerprint density at radius 1 is 1.00 bits per heavy atom. The molecule has 0 unspecified atom stereocenters. The molecule has 5 aromatic rings. The molecule has 0 fully saturated rings. The number of rotatable bonds is 5. The number of hydrogen-bond acceptors (Lipinski definition) is 8. The summed E-state index contributed by atoms with van der Waals surface area (Å²) in [6.45, 7) is 0. The number of thiazole rings is 1. The Balaban J connectivity index is 1.56. The van der Waals surface area contributed by atoms with E-state index in [9.17, 15) is 0 Å². The first-order chi connectivity index (χ1) is 13.9. The van der Waals surface area contributed by atoms with Crippen LogP contribution in [0.1, 0.15) is 0 Å². The van der Waals surface area contributed by atoms with Crippen LogP contribution in [0.25, 0.3) is 28.3 Å². The maximum atomic E-state index is 4.82. The van der Waals surface area contributed by atoms with Crippen molar-refractivity contribution >= 4 is 23.1 Å². The van der Waals surface area contributed by atoms with Crippen molar-refractivity contribution in [2.75, 3.05) is 0 Å². The van der Waals surface area contributed by atoms with E-state index in [4.69, 9.17) is 9.62 Å². The second-order valence-corrected chi connectivity index (χ2v) is 7.91. The van der Waals surface area contributed by atoms with E-state index in [1.807, 2.05) is 52.7 Å². The molecule has 0 N–H and O–H groups in total. The molecule has 4 heterocycles. The van der Waals surface area contributed by atoms with Gasteiger partial charge in [0.15, 0.2) is 4.34 Å². The molecule has 0 aliphatic heterocycles. The third-order valence-electron chi connectivity index (χ3n) is 3.98. The predicted molar refractivity (Wildman–Crippen MR) is 106 cm³/mol. The summed E-state index contributed by atoms with van der Waals surface area (Å²) in [5, 5.41) is 10.6. The van der Waals surface area contributed by atoms with E-state index in [1.165, 1.54) is 6.39 Å². The standard InChI is InChI=1S/C19H12N6OS2/c1-2-15(10-20-7-1)25-11-16(28-19-21-8-9-27-19)17(23-25)13-3-5-14(6-4-13)18-22-12-26-24-18/h1-12H. The highest BCUT2D eigenvalue weighted by Crippen LogP contribution is 2.37. The number of pyridine rings is 1. The molecule has 0 saturated carbocycles. The Morgan fingerprint density at radius 2 is 1.89 bits per heavy atom. The fourth-order valence-electron chi connectivity index (χ4n) is 2.68. The van der Waals surface area contributed by atoms with Gasteiger partial charge < -0.3 is 4.52 Å². The van der Waals surface area contributed by atoms with Gasteiger partial charge in [-0.05, 0) is 12.1 Å². The Hall–Kier alpha value is -3.30. The van der Waals surface area contributed by atoms with Crippen molar-refractivity contribution in [1.82, 2.24) is 29.9 Å². The molecule has 0 aliphatic carbocycles. The molecule has 0 saturated heterocycles. The lowest BCUT2D eigenvalue weighted by molar-refractivity contribution is 0.419. The zero-order valence-corrected chi connectivity index (χ0v) is 16.0. The van der Waals surface area contributed by atoms with Crippen molar-refractivity contribution in [3.63, 3.8) is 0 Å². The lowest BCUT2D eigenvalue weighted by atomic mass is 10.1. The fourth-order valence-corrected chi connectivity index (χ4v) is 4.38. The molecular formula is C19H12N6OS2. The monoisotopic (exact) mass is 404 g/mol. The third-order valence-corrected chi connectivity index (χ3v) is 5.88. The van der Waals surface area contributed by atoms with Gasteiger partial charge in [-0.2, -0.15) is 10.1 Å². The number of nitrogens with zero attached hydrogens (tertiary/aromatic N) is 6. The quantitative estimate of drug-likeness (QED) is 0.423. The van der Waals surface area contributed by atoms with Crippen molar-refractivity contribution in [1.29, 1.82) is 0 Å². The molecule has 0 aliphatic rings. The summed E-state index contributed by atoms with van der Waals surface area (Å²) in [4.78, 5) is 13.7. The highest BCUT2D eigenvalue weighted by Gasteiger charge is 2.15. The minimum atomic E-state index is 0.560. The normalized spacial score (nSPS) is 11.0. The highest BCUT2D eigenvalue weighted by atomic mass is 32.2. The summed E-state index contributed by atoms with van der Waals surface area (Å²) >= 11 is 3.20. The van der Waals surface area contributed by atoms with Gasteiger partial charge in [0.05, 0.1) is 16.8 Å². The Bertz CT molecular complexity index is 1170. The first-order valence-corrected chi connectivity index (χ1v) is 10.0. The van der Waals surface area contributed by atoms with Crippen LogP contribution >= 0.6 is 23.1 Å². The van der Waals surface area contributed by atoms with Crippen molar-refractivity contribution in [3.8, 4) is 28.3 Å². The molecule has 0 bridgehead atoms. The number of aromatic nitrogens is 6. The molecule has 0 amide bonds. The molecule has 0 spiro atoms. The van der Waals surface area contributed by atoms with Gasteiger partial charge in [0.2, 0.25) is 12.2 Å². The first kappa shape index (κ1) is 16.8. The smallest absolute Gasteiger partial charge is 0.214 e. The molecule has 9 heteroatoms. The van der Waals surface area contributed by atoms with Crippen LogP contribution in [0, 0.1) is 0 Å². The molecule has 7 nitrogen and oxygen atoms in total. The van der Waals surface area contributed by atoms with Gasteiger partial charge in [0, 0.05) is 35.1 Å². The molecule has 0 atom stereocenters. The Kier molecular flexibility index (Phi) is 4.43. The predicted octanol–water partition coefficient (Wildman–Crippen LogP) is 4.59. The maximum Gasteiger partial charge on any atom is 0.214 e. The zero-order valence-electron chi connectivity index (χ0n) is 14.3. The van der Waals surface area contributed by atoms with E-state index in [-0.39, 0.29) is 0 Å². The molecule has 4 aromatic heterocycles. The molecular weight excluding hydrogens is 392 g/mol. The third kappa shape index (κ3) is 3.32. The van der Waals surface area contributed by atoms with Crippen LogP contribution in [-0.2, 0) is 0 Å². The minimum Gasteiger partial charge on any atom is -0.342 e. The van der Waals surface area contributed by atoms with Crippen LogP contribution in [0.4, 0.5) is 0 Å². The van der Waals surface area contributed by atoms with Crippen molar-refractivity contribution in [2.24, 2.45) is 0 Å². The first-order valence-electron chi connectivity index (χ1n) is 8.31. The molecule has 1 aromatic carbocycles. The average Bonchev–Trinajstić information content (AvgIpc) is 3.51. The number of benzene rings is 1. The van der Waals surface area contributed by atoms with Crippen molar-refractivity contribution < 1.29 is 4.52 Å². The van der Waals surface area contributed by atoms with Crippen LogP contribution in [0.2, 0.25) is 0 Å². The van der Waals surface area contributed by atoms with E-state index in [2.05, 4.69) is 20.1 Å². The van der Waals surface area contributed by atoms with Gasteiger partial charge in [-0.3, -0.25) is 4.98 Å². The SMILES string of the molecule is c1cncc(-n2cc(Sc3nccs3)c(-c3ccc(-c4ncon4)cc3)n2)c1. The van der Waals surface area contributed by atoms with Crippen LogP contribution in [0.15, 0.2) is 86.7 Å². The molecule has 5 rings (SSSR count). The second kappa shape index (κ2) is 7.37. The van der Waals surface area contributed by atoms with E-state index in [0.717, 1.165) is 31.7 Å². The average molecular weight is 404 g/mol. The van der Waals surface area contributed by atoms with Gasteiger partial charge in [0.1, 0.15) is 5.69 Å². The largest absolute Gasteiger partial charge is 0.342 e. The van der Waals surface area contributed by atoms with Crippen LogP contribution < -0.4 is 0 Å². The minimum absolute atomic E-state index is 0.560. The summed E-state index contributed by atoms with van der Waals surface area (Å²) in [7, 11) is 0. The lowest BCUT2D eigenvalue weighted by Gasteiger charge is -2.02. The van der Waals surface area contributed by atoms with Gasteiger partial charge in [-0.25, -0.2) is 9.67 Å². The van der Waals surface area contributed by atoms with Crippen molar-refractivity contribution in [3.05, 3.63) is 73.0 Å².